The van der Waals surface area contributed by atoms with Crippen LogP contribution in [0.25, 0.3) is 0 Å². The van der Waals surface area contributed by atoms with Gasteiger partial charge in [-0.05, 0) is 25.3 Å². The lowest BCUT2D eigenvalue weighted by Gasteiger charge is -2.38. The quantitative estimate of drug-likeness (QED) is 0.311. The summed E-state index contributed by atoms with van der Waals surface area (Å²) in [5.74, 6) is 1.77. The molecular weight excluding hydrogens is 527 g/mol. The molecule has 0 aromatic heterocycles. The van der Waals surface area contributed by atoms with E-state index in [1.165, 1.54) is 12.0 Å². The van der Waals surface area contributed by atoms with Crippen molar-refractivity contribution < 1.29 is 4.79 Å². The normalized spacial score (nSPS) is 20.8. The second-order valence-corrected chi connectivity index (χ2v) is 9.28. The molecule has 0 atom stereocenters. The first-order chi connectivity index (χ1) is 15.7. The Morgan fingerprint density at radius 3 is 2.18 bits per heavy atom. The van der Waals surface area contributed by atoms with Gasteiger partial charge in [-0.15, -0.1) is 24.0 Å². The smallest absolute Gasteiger partial charge is 0.225 e. The molecule has 1 aromatic carbocycles. The van der Waals surface area contributed by atoms with Crippen LogP contribution >= 0.6 is 24.0 Å². The Morgan fingerprint density at radius 2 is 1.58 bits per heavy atom. The molecule has 1 aliphatic carbocycles. The molecule has 1 saturated carbocycles. The number of nitrogens with one attached hydrogen (secondary N) is 1. The van der Waals surface area contributed by atoms with E-state index in [4.69, 9.17) is 4.99 Å². The Kier molecular flexibility index (Phi) is 10.7. The van der Waals surface area contributed by atoms with Crippen LogP contribution in [0.2, 0.25) is 0 Å². The molecule has 1 aromatic rings. The molecule has 4 rings (SSSR count). The molecule has 2 heterocycles. The summed E-state index contributed by atoms with van der Waals surface area (Å²) in [6.45, 7) is 13.7. The SMILES string of the molecule is CCNC(=NCCN1CCN(C(=O)C2CCC2)CC1)N1CCN(Cc2ccccc2)CC1.I. The van der Waals surface area contributed by atoms with Crippen molar-refractivity contribution in [2.24, 2.45) is 10.9 Å². The fourth-order valence-corrected chi connectivity index (χ4v) is 4.79. The number of carbonyl (C=O) groups excluding carboxylic acids is 1. The maximum Gasteiger partial charge on any atom is 0.225 e. The van der Waals surface area contributed by atoms with Crippen LogP contribution in [0, 0.1) is 5.92 Å². The molecule has 3 fully saturated rings. The minimum Gasteiger partial charge on any atom is -0.357 e. The van der Waals surface area contributed by atoms with Crippen molar-refractivity contribution in [2.45, 2.75) is 32.7 Å². The summed E-state index contributed by atoms with van der Waals surface area (Å²) in [5.41, 5.74) is 1.39. The van der Waals surface area contributed by atoms with Crippen LogP contribution < -0.4 is 5.32 Å². The van der Waals surface area contributed by atoms with Crippen molar-refractivity contribution in [2.75, 3.05) is 72.0 Å². The Labute approximate surface area is 216 Å². The van der Waals surface area contributed by atoms with Crippen LogP contribution in [0.1, 0.15) is 31.7 Å². The summed E-state index contributed by atoms with van der Waals surface area (Å²) in [6, 6.07) is 10.7. The molecule has 0 bridgehead atoms. The molecule has 1 amide bonds. The average Bonchev–Trinajstić information content (AvgIpc) is 2.79. The average molecular weight is 569 g/mol. The predicted molar refractivity (Wildman–Crippen MR) is 145 cm³/mol. The zero-order chi connectivity index (χ0) is 22.2. The van der Waals surface area contributed by atoms with E-state index in [0.29, 0.717) is 11.8 Å². The Morgan fingerprint density at radius 1 is 0.939 bits per heavy atom. The molecule has 8 heteroatoms. The summed E-state index contributed by atoms with van der Waals surface area (Å²) in [7, 11) is 0. The van der Waals surface area contributed by atoms with Crippen molar-refractivity contribution in [1.29, 1.82) is 0 Å². The second-order valence-electron chi connectivity index (χ2n) is 9.28. The second kappa shape index (κ2) is 13.5. The highest BCUT2D eigenvalue weighted by Crippen LogP contribution is 2.28. The number of carbonyl (C=O) groups is 1. The first-order valence-electron chi connectivity index (χ1n) is 12.5. The van der Waals surface area contributed by atoms with Crippen molar-refractivity contribution in [3.8, 4) is 0 Å². The van der Waals surface area contributed by atoms with E-state index in [-0.39, 0.29) is 24.0 Å². The van der Waals surface area contributed by atoms with Crippen LogP contribution in [0.15, 0.2) is 35.3 Å². The van der Waals surface area contributed by atoms with E-state index in [2.05, 4.69) is 62.2 Å². The van der Waals surface area contributed by atoms with Gasteiger partial charge < -0.3 is 15.1 Å². The lowest BCUT2D eigenvalue weighted by molar-refractivity contribution is -0.139. The molecule has 2 saturated heterocycles. The van der Waals surface area contributed by atoms with Gasteiger partial charge in [-0.2, -0.15) is 0 Å². The number of rotatable bonds is 7. The number of guanidine groups is 1. The van der Waals surface area contributed by atoms with Crippen LogP contribution in [-0.2, 0) is 11.3 Å². The highest BCUT2D eigenvalue weighted by molar-refractivity contribution is 14.0. The van der Waals surface area contributed by atoms with Crippen LogP contribution in [0.3, 0.4) is 0 Å². The maximum absolute atomic E-state index is 12.4. The third-order valence-corrected chi connectivity index (χ3v) is 7.07. The van der Waals surface area contributed by atoms with Crippen LogP contribution in [0.4, 0.5) is 0 Å². The number of piperazine rings is 2. The fraction of sp³-hybridized carbons (Fsp3) is 0.680. The van der Waals surface area contributed by atoms with Gasteiger partial charge >= 0.3 is 0 Å². The molecular formula is C25H41IN6O. The maximum atomic E-state index is 12.4. The number of benzene rings is 1. The van der Waals surface area contributed by atoms with Crippen molar-refractivity contribution >= 4 is 35.8 Å². The van der Waals surface area contributed by atoms with E-state index < -0.39 is 0 Å². The van der Waals surface area contributed by atoms with Gasteiger partial charge in [0.2, 0.25) is 5.91 Å². The van der Waals surface area contributed by atoms with E-state index in [9.17, 15) is 4.79 Å². The van der Waals surface area contributed by atoms with Gasteiger partial charge in [0.05, 0.1) is 6.54 Å². The molecule has 0 unspecified atom stereocenters. The van der Waals surface area contributed by atoms with Gasteiger partial charge in [-0.1, -0.05) is 36.8 Å². The lowest BCUT2D eigenvalue weighted by Crippen LogP contribution is -2.53. The zero-order valence-corrected chi connectivity index (χ0v) is 22.5. The lowest BCUT2D eigenvalue weighted by atomic mass is 9.84. The number of amides is 1. The van der Waals surface area contributed by atoms with Crippen molar-refractivity contribution in [1.82, 2.24) is 24.9 Å². The minimum absolute atomic E-state index is 0. The molecule has 0 radical (unpaired) electrons. The van der Waals surface area contributed by atoms with Crippen molar-refractivity contribution in [3.63, 3.8) is 0 Å². The number of aliphatic imine (C=N–C) groups is 1. The number of hydrogen-bond donors (Lipinski definition) is 1. The first-order valence-corrected chi connectivity index (χ1v) is 12.5. The number of halogens is 1. The molecule has 0 spiro atoms. The standard InChI is InChI=1S/C25H40N6O.HI/c1-2-26-25(31-19-15-29(16-20-31)21-22-7-4-3-5-8-22)27-11-12-28-13-17-30(18-14-28)24(32)23-9-6-10-23;/h3-5,7-8,23H,2,6,9-21H2,1H3,(H,26,27);1H. The highest BCUT2D eigenvalue weighted by Gasteiger charge is 2.31. The van der Waals surface area contributed by atoms with Crippen LogP contribution in [-0.4, -0.2) is 103 Å². The van der Waals surface area contributed by atoms with E-state index in [1.807, 2.05) is 0 Å². The van der Waals surface area contributed by atoms with E-state index in [1.54, 1.807) is 0 Å². The fourth-order valence-electron chi connectivity index (χ4n) is 4.79. The molecule has 33 heavy (non-hydrogen) atoms. The van der Waals surface area contributed by atoms with Crippen LogP contribution in [0.5, 0.6) is 0 Å². The predicted octanol–water partition coefficient (Wildman–Crippen LogP) is 2.33. The van der Waals surface area contributed by atoms with Gasteiger partial charge in [0.1, 0.15) is 0 Å². The topological polar surface area (TPSA) is 54.4 Å². The Bertz CT molecular complexity index is 741. The summed E-state index contributed by atoms with van der Waals surface area (Å²) in [6.07, 6.45) is 3.42. The third-order valence-electron chi connectivity index (χ3n) is 7.07. The highest BCUT2D eigenvalue weighted by atomic mass is 127. The number of hydrogen-bond acceptors (Lipinski definition) is 4. The van der Waals surface area contributed by atoms with Crippen molar-refractivity contribution in [3.05, 3.63) is 35.9 Å². The molecule has 1 N–H and O–H groups in total. The molecule has 2 aliphatic heterocycles. The summed E-state index contributed by atoms with van der Waals surface area (Å²) in [5, 5.41) is 3.49. The zero-order valence-electron chi connectivity index (χ0n) is 20.1. The summed E-state index contributed by atoms with van der Waals surface area (Å²) < 4.78 is 0. The van der Waals surface area contributed by atoms with E-state index in [0.717, 1.165) is 97.3 Å². The molecule has 7 nitrogen and oxygen atoms in total. The third kappa shape index (κ3) is 7.55. The van der Waals surface area contributed by atoms with Gasteiger partial charge in [0, 0.05) is 77.9 Å². The first kappa shape index (κ1) is 26.2. The number of nitrogens with zero attached hydrogens (tertiary/aromatic N) is 5. The Hall–Kier alpha value is -1.39. The van der Waals surface area contributed by atoms with E-state index >= 15 is 0 Å². The molecule has 184 valence electrons. The summed E-state index contributed by atoms with van der Waals surface area (Å²) >= 11 is 0. The van der Waals surface area contributed by atoms with Gasteiger partial charge in [-0.25, -0.2) is 0 Å². The monoisotopic (exact) mass is 568 g/mol. The van der Waals surface area contributed by atoms with Gasteiger partial charge in [0.15, 0.2) is 5.96 Å². The van der Waals surface area contributed by atoms with Gasteiger partial charge in [0.25, 0.3) is 0 Å². The van der Waals surface area contributed by atoms with Gasteiger partial charge in [-0.3, -0.25) is 19.6 Å². The minimum atomic E-state index is 0. The summed E-state index contributed by atoms with van der Waals surface area (Å²) in [4.78, 5) is 26.8. The largest absolute Gasteiger partial charge is 0.357 e. The Balaban J connectivity index is 0.00000306. The molecule has 3 aliphatic rings.